The van der Waals surface area contributed by atoms with Gasteiger partial charge in [-0.15, -0.1) is 0 Å². The maximum Gasteiger partial charge on any atom is 0.187 e. The Kier molecular flexibility index (Phi) is 8.64. The Hall–Kier alpha value is -0.200. The average molecular weight is 549 g/mol. The molecular formula is C34H60O5. The van der Waals surface area contributed by atoms with Gasteiger partial charge in [-0.3, -0.25) is 0 Å². The number of aliphatic hydroxyl groups is 3. The number of fused-ring (bicyclic) bond motifs is 5. The van der Waals surface area contributed by atoms with Gasteiger partial charge in [0.05, 0.1) is 11.7 Å². The third kappa shape index (κ3) is 5.39. The molecule has 1 heterocycles. The lowest BCUT2D eigenvalue weighted by atomic mass is 9.43. The third-order valence-corrected chi connectivity index (χ3v) is 13.3. The molecule has 5 heteroatoms. The van der Waals surface area contributed by atoms with Gasteiger partial charge in [-0.05, 0) is 124 Å². The zero-order valence-corrected chi connectivity index (χ0v) is 26.1. The summed E-state index contributed by atoms with van der Waals surface area (Å²) in [6.45, 7) is 16.3. The van der Waals surface area contributed by atoms with Crippen LogP contribution in [0.4, 0.5) is 0 Å². The number of rotatable bonds is 8. The van der Waals surface area contributed by atoms with Crippen LogP contribution in [0, 0.1) is 52.3 Å². The van der Waals surface area contributed by atoms with E-state index in [9.17, 15) is 15.3 Å². The van der Waals surface area contributed by atoms with Crippen LogP contribution in [0.25, 0.3) is 0 Å². The zero-order chi connectivity index (χ0) is 28.3. The standard InChI is InChI=1S/C34H60O5/c1-20(2)9-8-10-21(3)25-13-14-26-24-12-11-23-19-32(5,39-31-29(37)28(36)30(38-31)22(4)35)17-18-33(23,6)27(24)15-16-34(25,26)7/h20-31,35-37H,8-19H2,1-7H3/t21-,22-,23-,24+,25-,26+,27+,28-,29-,30+,31+,32+,33+,34-/m1/s1. The molecule has 39 heavy (non-hydrogen) atoms. The highest BCUT2D eigenvalue weighted by Gasteiger charge is 2.62. The van der Waals surface area contributed by atoms with Crippen molar-refractivity contribution in [3.63, 3.8) is 0 Å². The predicted molar refractivity (Wildman–Crippen MR) is 155 cm³/mol. The molecule has 5 rings (SSSR count). The minimum absolute atomic E-state index is 0.366. The fraction of sp³-hybridized carbons (Fsp3) is 1.00. The van der Waals surface area contributed by atoms with Gasteiger partial charge in [-0.1, -0.05) is 53.9 Å². The van der Waals surface area contributed by atoms with Crippen molar-refractivity contribution in [3.05, 3.63) is 0 Å². The van der Waals surface area contributed by atoms with Crippen molar-refractivity contribution >= 4 is 0 Å². The predicted octanol–water partition coefficient (Wildman–Crippen LogP) is 6.71. The van der Waals surface area contributed by atoms with Crippen LogP contribution in [0.2, 0.25) is 0 Å². The molecule has 5 nitrogen and oxygen atoms in total. The number of aliphatic hydroxyl groups excluding tert-OH is 3. The Morgan fingerprint density at radius 3 is 2.21 bits per heavy atom. The number of hydrogen-bond acceptors (Lipinski definition) is 5. The Morgan fingerprint density at radius 2 is 1.54 bits per heavy atom. The summed E-state index contributed by atoms with van der Waals surface area (Å²) in [6, 6.07) is 0. The molecule has 1 saturated heterocycles. The van der Waals surface area contributed by atoms with Gasteiger partial charge in [0, 0.05) is 0 Å². The molecule has 3 N–H and O–H groups in total. The van der Waals surface area contributed by atoms with E-state index in [1.54, 1.807) is 6.92 Å². The summed E-state index contributed by atoms with van der Waals surface area (Å²) in [6.07, 6.45) is 10.9. The van der Waals surface area contributed by atoms with Crippen molar-refractivity contribution in [1.82, 2.24) is 0 Å². The molecule has 14 atom stereocenters. The summed E-state index contributed by atoms with van der Waals surface area (Å²) in [7, 11) is 0. The van der Waals surface area contributed by atoms with E-state index in [-0.39, 0.29) is 5.60 Å². The first-order valence-corrected chi connectivity index (χ1v) is 16.7. The van der Waals surface area contributed by atoms with Crippen molar-refractivity contribution in [3.8, 4) is 0 Å². The van der Waals surface area contributed by atoms with E-state index < -0.39 is 30.7 Å². The highest BCUT2D eigenvalue weighted by molar-refractivity contribution is 5.11. The van der Waals surface area contributed by atoms with E-state index in [1.807, 2.05) is 0 Å². The summed E-state index contributed by atoms with van der Waals surface area (Å²) >= 11 is 0. The van der Waals surface area contributed by atoms with Crippen LogP contribution < -0.4 is 0 Å². The lowest BCUT2D eigenvalue weighted by Crippen LogP contribution is -2.56. The van der Waals surface area contributed by atoms with Crippen LogP contribution >= 0.6 is 0 Å². The van der Waals surface area contributed by atoms with Gasteiger partial charge in [0.15, 0.2) is 6.29 Å². The van der Waals surface area contributed by atoms with E-state index in [4.69, 9.17) is 9.47 Å². The largest absolute Gasteiger partial charge is 0.391 e. The maximum atomic E-state index is 10.6. The van der Waals surface area contributed by atoms with Crippen molar-refractivity contribution < 1.29 is 24.8 Å². The molecule has 0 spiro atoms. The number of hydrogen-bond donors (Lipinski definition) is 3. The zero-order valence-electron chi connectivity index (χ0n) is 26.1. The monoisotopic (exact) mass is 548 g/mol. The van der Waals surface area contributed by atoms with E-state index in [0.717, 1.165) is 48.3 Å². The molecular weight excluding hydrogens is 488 g/mol. The molecule has 4 saturated carbocycles. The summed E-state index contributed by atoms with van der Waals surface area (Å²) in [4.78, 5) is 0. The highest BCUT2D eigenvalue weighted by atomic mass is 16.7. The molecule has 0 aromatic rings. The molecule has 0 bridgehead atoms. The van der Waals surface area contributed by atoms with Gasteiger partial charge in [0.25, 0.3) is 0 Å². The molecule has 0 radical (unpaired) electrons. The minimum Gasteiger partial charge on any atom is -0.391 e. The van der Waals surface area contributed by atoms with E-state index in [2.05, 4.69) is 41.5 Å². The van der Waals surface area contributed by atoms with Gasteiger partial charge in [0.2, 0.25) is 0 Å². The SMILES string of the molecule is CC(C)CCC[C@@H](C)[C@H]1CC[C@H]2[C@@H]3CC[C@@H]4C[C@@](C)(O[C@@H]5O[C@@H]([C@@H](C)O)[C@H](O)[C@H]5O)CC[C@]4(C)[C@H]3CC[C@]12C. The topological polar surface area (TPSA) is 79.2 Å². The van der Waals surface area contributed by atoms with Crippen molar-refractivity contribution in [2.75, 3.05) is 0 Å². The van der Waals surface area contributed by atoms with Crippen LogP contribution in [0.5, 0.6) is 0 Å². The molecule has 226 valence electrons. The van der Waals surface area contributed by atoms with Gasteiger partial charge in [-0.2, -0.15) is 0 Å². The van der Waals surface area contributed by atoms with Crippen LogP contribution in [0.15, 0.2) is 0 Å². The van der Waals surface area contributed by atoms with Crippen molar-refractivity contribution in [2.24, 2.45) is 52.3 Å². The summed E-state index contributed by atoms with van der Waals surface area (Å²) in [5.41, 5.74) is 0.527. The van der Waals surface area contributed by atoms with E-state index in [1.165, 1.54) is 64.2 Å². The fourth-order valence-electron chi connectivity index (χ4n) is 11.0. The highest BCUT2D eigenvalue weighted by Crippen LogP contribution is 2.69. The van der Waals surface area contributed by atoms with Gasteiger partial charge in [-0.25, -0.2) is 0 Å². The fourth-order valence-corrected chi connectivity index (χ4v) is 11.0. The molecule has 5 fully saturated rings. The quantitative estimate of drug-likeness (QED) is 0.314. The van der Waals surface area contributed by atoms with E-state index in [0.29, 0.717) is 16.7 Å². The Morgan fingerprint density at radius 1 is 0.821 bits per heavy atom. The smallest absolute Gasteiger partial charge is 0.187 e. The van der Waals surface area contributed by atoms with Crippen molar-refractivity contribution in [2.45, 2.75) is 162 Å². The second kappa shape index (κ2) is 11.1. The average Bonchev–Trinajstić information content (AvgIpc) is 3.36. The van der Waals surface area contributed by atoms with E-state index >= 15 is 0 Å². The Labute approximate surface area is 238 Å². The molecule has 5 aliphatic rings. The summed E-state index contributed by atoms with van der Waals surface area (Å²) < 4.78 is 12.3. The first-order chi connectivity index (χ1) is 18.3. The minimum atomic E-state index is -1.12. The van der Waals surface area contributed by atoms with Gasteiger partial charge in [0.1, 0.15) is 18.3 Å². The van der Waals surface area contributed by atoms with Crippen LogP contribution in [-0.2, 0) is 9.47 Å². The molecule has 0 aromatic heterocycles. The van der Waals surface area contributed by atoms with Gasteiger partial charge >= 0.3 is 0 Å². The molecule has 0 amide bonds. The lowest BCUT2D eigenvalue weighted by molar-refractivity contribution is -0.253. The number of ether oxygens (including phenoxy) is 2. The Bertz CT molecular complexity index is 845. The second-order valence-electron chi connectivity index (χ2n) is 16.2. The first kappa shape index (κ1) is 30.3. The molecule has 0 unspecified atom stereocenters. The maximum absolute atomic E-state index is 10.6. The molecule has 4 aliphatic carbocycles. The first-order valence-electron chi connectivity index (χ1n) is 16.7. The van der Waals surface area contributed by atoms with Crippen LogP contribution in [0.1, 0.15) is 126 Å². The summed E-state index contributed by atoms with van der Waals surface area (Å²) in [5, 5.41) is 30.9. The Balaban J connectivity index is 1.23. The van der Waals surface area contributed by atoms with Crippen molar-refractivity contribution in [1.29, 1.82) is 0 Å². The molecule has 0 aromatic carbocycles. The molecule has 1 aliphatic heterocycles. The van der Waals surface area contributed by atoms with Crippen LogP contribution in [0.3, 0.4) is 0 Å². The normalized spacial score (nSPS) is 51.3. The van der Waals surface area contributed by atoms with Gasteiger partial charge < -0.3 is 24.8 Å². The van der Waals surface area contributed by atoms with Crippen LogP contribution in [-0.4, -0.2) is 51.6 Å². The third-order valence-electron chi connectivity index (χ3n) is 13.3. The second-order valence-corrected chi connectivity index (χ2v) is 16.2. The lowest BCUT2D eigenvalue weighted by Gasteiger charge is -2.62. The summed E-state index contributed by atoms with van der Waals surface area (Å²) in [5.74, 6) is 5.82.